The molecule has 2 heterocycles. The number of alkyl carbamates (subject to hydrolysis) is 1. The minimum absolute atomic E-state index is 0.0655. The van der Waals surface area contributed by atoms with E-state index in [1.54, 1.807) is 7.11 Å². The van der Waals surface area contributed by atoms with Crippen molar-refractivity contribution in [2.24, 2.45) is 11.8 Å². The number of halogens is 1. The molecule has 2 aliphatic heterocycles. The van der Waals surface area contributed by atoms with E-state index >= 15 is 0 Å². The number of amides is 2. The van der Waals surface area contributed by atoms with Gasteiger partial charge in [-0.3, -0.25) is 4.79 Å². The minimum atomic E-state index is -0.334. The molecule has 0 unspecified atom stereocenters. The van der Waals surface area contributed by atoms with Crippen LogP contribution in [0.4, 0.5) is 10.5 Å². The first kappa shape index (κ1) is 26.1. The molecule has 1 fully saturated rings. The molecule has 186 valence electrons. The number of rotatable bonds is 2. The molecule has 4 atom stereocenters. The maximum Gasteiger partial charge on any atom is 0.407 e. The number of methoxy groups -OCH3 is 1. The molecule has 1 aromatic rings. The van der Waals surface area contributed by atoms with Crippen LogP contribution in [0, 0.1) is 11.8 Å². The maximum absolute atomic E-state index is 12.8. The Bertz CT molecular complexity index is 943. The van der Waals surface area contributed by atoms with E-state index < -0.39 is 0 Å². The molecule has 4 bridgehead atoms. The van der Waals surface area contributed by atoms with Crippen molar-refractivity contribution in [2.75, 3.05) is 12.4 Å². The number of ether oxygens (including phenoxy) is 2. The van der Waals surface area contributed by atoms with Crippen molar-refractivity contribution in [3.63, 3.8) is 0 Å². The van der Waals surface area contributed by atoms with Gasteiger partial charge >= 0.3 is 6.09 Å². The van der Waals surface area contributed by atoms with Crippen LogP contribution in [0.3, 0.4) is 0 Å². The Morgan fingerprint density at radius 2 is 2.03 bits per heavy atom. The lowest BCUT2D eigenvalue weighted by Crippen LogP contribution is -2.46. The SMILES string of the molecule is CC[C@H]1C[C@@H]2C[C@H](C/C=C/C=C(\C)Cc3cc(c(Cl)c(OC)c3)NC(=O)CC[C@@H]1C)NC(=O)O2. The lowest BCUT2D eigenvalue weighted by molar-refractivity contribution is -0.116. The van der Waals surface area contributed by atoms with E-state index in [2.05, 4.69) is 43.6 Å². The number of benzene rings is 1. The third kappa shape index (κ3) is 7.26. The molecule has 0 aliphatic carbocycles. The van der Waals surface area contributed by atoms with Crippen molar-refractivity contribution in [1.82, 2.24) is 5.32 Å². The fourth-order valence-corrected chi connectivity index (χ4v) is 5.11. The molecule has 34 heavy (non-hydrogen) atoms. The largest absolute Gasteiger partial charge is 0.495 e. The summed E-state index contributed by atoms with van der Waals surface area (Å²) in [7, 11) is 1.58. The second-order valence-corrected chi connectivity index (χ2v) is 9.96. The third-order valence-corrected chi connectivity index (χ3v) is 7.27. The van der Waals surface area contributed by atoms with E-state index in [-0.39, 0.29) is 24.1 Å². The Labute approximate surface area is 208 Å². The van der Waals surface area contributed by atoms with Gasteiger partial charge < -0.3 is 20.1 Å². The molecule has 2 aliphatic rings. The van der Waals surface area contributed by atoms with Gasteiger partial charge in [-0.15, -0.1) is 0 Å². The summed E-state index contributed by atoms with van der Waals surface area (Å²) in [6, 6.07) is 3.90. The molecule has 1 saturated heterocycles. The number of hydrogen-bond donors (Lipinski definition) is 2. The van der Waals surface area contributed by atoms with Crippen LogP contribution in [0.1, 0.15) is 64.9 Å². The van der Waals surface area contributed by atoms with E-state index in [4.69, 9.17) is 21.1 Å². The van der Waals surface area contributed by atoms with Crippen molar-refractivity contribution in [1.29, 1.82) is 0 Å². The zero-order valence-corrected chi connectivity index (χ0v) is 21.4. The number of hydrogen-bond acceptors (Lipinski definition) is 4. The number of fused-ring (bicyclic) bond motifs is 4. The van der Waals surface area contributed by atoms with E-state index in [0.29, 0.717) is 41.1 Å². The van der Waals surface area contributed by atoms with Gasteiger partial charge in [0.1, 0.15) is 16.9 Å². The number of allylic oxidation sites excluding steroid dienone is 3. The highest BCUT2D eigenvalue weighted by Gasteiger charge is 2.30. The first-order valence-corrected chi connectivity index (χ1v) is 12.6. The molecule has 0 aromatic heterocycles. The zero-order valence-electron chi connectivity index (χ0n) is 20.7. The molecule has 1 aromatic carbocycles. The Kier molecular flexibility index (Phi) is 9.45. The van der Waals surface area contributed by atoms with Gasteiger partial charge in [-0.1, -0.05) is 55.7 Å². The van der Waals surface area contributed by atoms with Crippen molar-refractivity contribution in [3.05, 3.63) is 46.5 Å². The first-order valence-electron chi connectivity index (χ1n) is 12.2. The molecule has 0 spiro atoms. The summed E-state index contributed by atoms with van der Waals surface area (Å²) >= 11 is 6.50. The van der Waals surface area contributed by atoms with Gasteiger partial charge in [0, 0.05) is 18.9 Å². The topological polar surface area (TPSA) is 76.7 Å². The number of carbonyl (C=O) groups is 2. The summed E-state index contributed by atoms with van der Waals surface area (Å²) in [5.41, 5.74) is 2.74. The lowest BCUT2D eigenvalue weighted by atomic mass is 9.82. The molecule has 2 amide bonds. The lowest BCUT2D eigenvalue weighted by Gasteiger charge is -2.33. The van der Waals surface area contributed by atoms with Gasteiger partial charge in [0.05, 0.1) is 12.8 Å². The van der Waals surface area contributed by atoms with Crippen LogP contribution in [-0.2, 0) is 16.0 Å². The molecular formula is C27H37ClN2O4. The fourth-order valence-electron chi connectivity index (χ4n) is 4.87. The smallest absolute Gasteiger partial charge is 0.407 e. The Morgan fingerprint density at radius 3 is 2.76 bits per heavy atom. The summed E-state index contributed by atoms with van der Waals surface area (Å²) in [6.07, 6.45) is 11.0. The molecular weight excluding hydrogens is 452 g/mol. The van der Waals surface area contributed by atoms with Crippen LogP contribution in [0.5, 0.6) is 5.75 Å². The van der Waals surface area contributed by atoms with Gasteiger partial charge in [0.25, 0.3) is 0 Å². The first-order chi connectivity index (χ1) is 16.3. The molecule has 0 radical (unpaired) electrons. The van der Waals surface area contributed by atoms with Gasteiger partial charge in [0.15, 0.2) is 0 Å². The number of anilines is 1. The van der Waals surface area contributed by atoms with Gasteiger partial charge in [-0.2, -0.15) is 0 Å². The number of carbonyl (C=O) groups excluding carboxylic acids is 2. The van der Waals surface area contributed by atoms with Crippen molar-refractivity contribution in [2.45, 2.75) is 77.9 Å². The molecule has 2 N–H and O–H groups in total. The highest BCUT2D eigenvalue weighted by Crippen LogP contribution is 2.35. The van der Waals surface area contributed by atoms with E-state index in [1.165, 1.54) is 0 Å². The van der Waals surface area contributed by atoms with Crippen LogP contribution in [-0.4, -0.2) is 31.3 Å². The van der Waals surface area contributed by atoms with Gasteiger partial charge in [-0.25, -0.2) is 4.79 Å². The minimum Gasteiger partial charge on any atom is -0.495 e. The van der Waals surface area contributed by atoms with Crippen molar-refractivity contribution in [3.8, 4) is 5.75 Å². The predicted molar refractivity (Wildman–Crippen MR) is 136 cm³/mol. The second kappa shape index (κ2) is 12.3. The fraction of sp³-hybridized carbons (Fsp3) is 0.556. The van der Waals surface area contributed by atoms with Gasteiger partial charge in [0.2, 0.25) is 5.91 Å². The van der Waals surface area contributed by atoms with Crippen LogP contribution in [0.25, 0.3) is 0 Å². The second-order valence-electron chi connectivity index (χ2n) is 9.59. The summed E-state index contributed by atoms with van der Waals surface area (Å²) in [5.74, 6) is 1.18. The molecule has 7 heteroatoms. The standard InChI is InChI=1S/C27H37ClN2O4/c1-5-20-15-22-16-21(29-27(32)34-22)9-7-6-8-17(2)12-19-13-23(26(28)24(14-19)33-4)30-25(31)11-10-18(20)3/h6-8,13-14,18,20-22H,5,9-12,15-16H2,1-4H3,(H,29,32)(H,30,31)/b7-6+,17-8+/t18-,20-,21-,22+/m0/s1. The summed E-state index contributed by atoms with van der Waals surface area (Å²) in [5, 5.41) is 6.34. The maximum atomic E-state index is 12.8. The van der Waals surface area contributed by atoms with Crippen LogP contribution in [0.15, 0.2) is 35.9 Å². The van der Waals surface area contributed by atoms with Crippen molar-refractivity contribution < 1.29 is 19.1 Å². The van der Waals surface area contributed by atoms with Crippen LogP contribution in [0.2, 0.25) is 5.02 Å². The van der Waals surface area contributed by atoms with Crippen LogP contribution < -0.4 is 15.4 Å². The molecule has 6 nitrogen and oxygen atoms in total. The Morgan fingerprint density at radius 1 is 1.24 bits per heavy atom. The summed E-state index contributed by atoms with van der Waals surface area (Å²) in [4.78, 5) is 24.9. The Hall–Kier alpha value is -2.47. The average Bonchev–Trinajstić information content (AvgIpc) is 2.79. The summed E-state index contributed by atoms with van der Waals surface area (Å²) in [6.45, 7) is 6.40. The predicted octanol–water partition coefficient (Wildman–Crippen LogP) is 6.44. The highest BCUT2D eigenvalue weighted by molar-refractivity contribution is 6.35. The Balaban J connectivity index is 1.87. The zero-order chi connectivity index (χ0) is 24.7. The average molecular weight is 489 g/mol. The highest BCUT2D eigenvalue weighted by atomic mass is 35.5. The number of nitrogens with one attached hydrogen (secondary N) is 2. The summed E-state index contributed by atoms with van der Waals surface area (Å²) < 4.78 is 11.1. The third-order valence-electron chi connectivity index (χ3n) is 6.88. The van der Waals surface area contributed by atoms with E-state index in [9.17, 15) is 9.59 Å². The monoisotopic (exact) mass is 488 g/mol. The molecule has 0 saturated carbocycles. The quantitative estimate of drug-likeness (QED) is 0.502. The molecule has 3 rings (SSSR count). The van der Waals surface area contributed by atoms with E-state index in [1.807, 2.05) is 18.2 Å². The van der Waals surface area contributed by atoms with E-state index in [0.717, 1.165) is 43.2 Å². The van der Waals surface area contributed by atoms with Gasteiger partial charge in [-0.05, 0) is 62.1 Å². The van der Waals surface area contributed by atoms with Crippen molar-refractivity contribution >= 4 is 29.3 Å². The van der Waals surface area contributed by atoms with Crippen LogP contribution >= 0.6 is 11.6 Å². The normalized spacial score (nSPS) is 29.1.